The number of nitrogens with zero attached hydrogens (tertiary/aromatic N) is 3. The average molecular weight is 559 g/mol. The van der Waals surface area contributed by atoms with Gasteiger partial charge in [0, 0.05) is 15.8 Å². The maximum Gasteiger partial charge on any atom is 0.268 e. The molecule has 1 aliphatic rings. The van der Waals surface area contributed by atoms with E-state index in [0.717, 1.165) is 37.7 Å². The second kappa shape index (κ2) is 10.6. The molecular formula is C28H22N4O3S3. The highest BCUT2D eigenvalue weighted by Crippen LogP contribution is 2.37. The van der Waals surface area contributed by atoms with Crippen molar-refractivity contribution in [3.63, 3.8) is 0 Å². The van der Waals surface area contributed by atoms with Crippen molar-refractivity contribution in [2.45, 2.75) is 37.3 Å². The number of thioether (sulfide) groups is 1. The molecule has 10 heteroatoms. The maximum absolute atomic E-state index is 13.8. The Bertz CT molecular complexity index is 1730. The van der Waals surface area contributed by atoms with Crippen molar-refractivity contribution in [1.29, 1.82) is 5.26 Å². The van der Waals surface area contributed by atoms with Crippen LogP contribution >= 0.6 is 34.4 Å². The van der Waals surface area contributed by atoms with Gasteiger partial charge in [-0.1, -0.05) is 36.4 Å². The third kappa shape index (κ3) is 4.58. The SMILES string of the molecule is N#Cc1c(NC(=O)CSc2nc3scc(-c4ccco4)c3c(=O)n2-c2ccccc2)sc2c1CCCCC2. The van der Waals surface area contributed by atoms with Crippen LogP contribution in [-0.4, -0.2) is 21.2 Å². The molecule has 0 spiro atoms. The van der Waals surface area contributed by atoms with E-state index < -0.39 is 0 Å². The molecule has 0 atom stereocenters. The fourth-order valence-electron chi connectivity index (χ4n) is 4.73. The first kappa shape index (κ1) is 24.7. The zero-order chi connectivity index (χ0) is 26.1. The minimum absolute atomic E-state index is 0.0502. The van der Waals surface area contributed by atoms with E-state index in [0.29, 0.717) is 42.9 Å². The van der Waals surface area contributed by atoms with Gasteiger partial charge in [0.2, 0.25) is 5.91 Å². The summed E-state index contributed by atoms with van der Waals surface area (Å²) in [5, 5.41) is 16.2. The van der Waals surface area contributed by atoms with Crippen molar-refractivity contribution < 1.29 is 9.21 Å². The number of hydrogen-bond donors (Lipinski definition) is 1. The molecule has 0 bridgehead atoms. The Kier molecular flexibility index (Phi) is 6.89. The van der Waals surface area contributed by atoms with Crippen molar-refractivity contribution >= 4 is 55.6 Å². The van der Waals surface area contributed by atoms with Gasteiger partial charge in [-0.25, -0.2) is 4.98 Å². The number of rotatable bonds is 6. The number of anilines is 1. The summed E-state index contributed by atoms with van der Waals surface area (Å²) in [5.41, 5.74) is 2.83. The average Bonchev–Trinajstić information content (AvgIpc) is 3.64. The zero-order valence-corrected chi connectivity index (χ0v) is 22.7. The van der Waals surface area contributed by atoms with Crippen molar-refractivity contribution in [3.8, 4) is 23.1 Å². The largest absolute Gasteiger partial charge is 0.464 e. The molecule has 0 saturated heterocycles. The number of aryl methyl sites for hydroxylation is 1. The summed E-state index contributed by atoms with van der Waals surface area (Å²) >= 11 is 4.09. The van der Waals surface area contributed by atoms with Gasteiger partial charge < -0.3 is 9.73 Å². The van der Waals surface area contributed by atoms with E-state index in [1.54, 1.807) is 16.9 Å². The van der Waals surface area contributed by atoms with E-state index in [4.69, 9.17) is 9.40 Å². The van der Waals surface area contributed by atoms with Gasteiger partial charge in [0.05, 0.1) is 28.7 Å². The van der Waals surface area contributed by atoms with Gasteiger partial charge in [-0.05, 0) is 55.5 Å². The number of carbonyl (C=O) groups is 1. The zero-order valence-electron chi connectivity index (χ0n) is 20.2. The number of thiophene rings is 2. The van der Waals surface area contributed by atoms with Crippen molar-refractivity contribution in [1.82, 2.24) is 9.55 Å². The van der Waals surface area contributed by atoms with Gasteiger partial charge in [0.15, 0.2) is 5.16 Å². The van der Waals surface area contributed by atoms with E-state index in [1.165, 1.54) is 39.3 Å². The lowest BCUT2D eigenvalue weighted by Crippen LogP contribution is -2.22. The molecule has 0 aliphatic heterocycles. The van der Waals surface area contributed by atoms with Crippen LogP contribution in [-0.2, 0) is 17.6 Å². The topological polar surface area (TPSA) is 101 Å². The molecule has 0 fully saturated rings. The van der Waals surface area contributed by atoms with Crippen LogP contribution < -0.4 is 10.9 Å². The summed E-state index contributed by atoms with van der Waals surface area (Å²) in [6.07, 6.45) is 6.75. The maximum atomic E-state index is 13.8. The Morgan fingerprint density at radius 3 is 2.79 bits per heavy atom. The van der Waals surface area contributed by atoms with Crippen molar-refractivity contribution in [3.05, 3.63) is 80.5 Å². The smallest absolute Gasteiger partial charge is 0.268 e. The van der Waals surface area contributed by atoms with E-state index >= 15 is 0 Å². The predicted molar refractivity (Wildman–Crippen MR) is 153 cm³/mol. The monoisotopic (exact) mass is 558 g/mol. The second-order valence-electron chi connectivity index (χ2n) is 8.89. The Hall–Kier alpha value is -3.65. The van der Waals surface area contributed by atoms with Crippen LogP contribution in [0.3, 0.4) is 0 Å². The Morgan fingerprint density at radius 1 is 1.16 bits per heavy atom. The summed E-state index contributed by atoms with van der Waals surface area (Å²) < 4.78 is 7.11. The summed E-state index contributed by atoms with van der Waals surface area (Å²) in [5.74, 6) is 0.422. The number of amides is 1. The van der Waals surface area contributed by atoms with E-state index in [2.05, 4.69) is 11.4 Å². The lowest BCUT2D eigenvalue weighted by Gasteiger charge is -2.12. The van der Waals surface area contributed by atoms with Crippen LogP contribution in [0.25, 0.3) is 27.2 Å². The van der Waals surface area contributed by atoms with E-state index in [9.17, 15) is 14.9 Å². The van der Waals surface area contributed by atoms with Crippen molar-refractivity contribution in [2.24, 2.45) is 0 Å². The Labute approximate surface area is 230 Å². The van der Waals surface area contributed by atoms with Crippen LogP contribution in [0, 0.1) is 11.3 Å². The number of furan rings is 1. The first-order valence-electron chi connectivity index (χ1n) is 12.2. The Morgan fingerprint density at radius 2 is 2.00 bits per heavy atom. The first-order valence-corrected chi connectivity index (χ1v) is 14.9. The van der Waals surface area contributed by atoms with Gasteiger partial charge in [-0.3, -0.25) is 14.2 Å². The molecular weight excluding hydrogens is 537 g/mol. The van der Waals surface area contributed by atoms with Gasteiger partial charge >= 0.3 is 0 Å². The fraction of sp³-hybridized carbons (Fsp3) is 0.214. The normalized spacial score (nSPS) is 13.1. The molecule has 6 rings (SSSR count). The second-order valence-corrected chi connectivity index (χ2v) is 11.8. The number of benzene rings is 1. The summed E-state index contributed by atoms with van der Waals surface area (Å²) in [4.78, 5) is 33.4. The third-order valence-electron chi connectivity index (χ3n) is 6.50. The highest BCUT2D eigenvalue weighted by atomic mass is 32.2. The molecule has 7 nitrogen and oxygen atoms in total. The predicted octanol–water partition coefficient (Wildman–Crippen LogP) is 6.64. The van der Waals surface area contributed by atoms with Crippen LogP contribution in [0.4, 0.5) is 5.00 Å². The highest BCUT2D eigenvalue weighted by Gasteiger charge is 2.23. The number of nitriles is 1. The van der Waals surface area contributed by atoms with Crippen LogP contribution in [0.2, 0.25) is 0 Å². The van der Waals surface area contributed by atoms with Gasteiger partial charge in [-0.15, -0.1) is 22.7 Å². The molecule has 190 valence electrons. The molecule has 1 aromatic carbocycles. The lowest BCUT2D eigenvalue weighted by atomic mass is 10.1. The highest BCUT2D eigenvalue weighted by molar-refractivity contribution is 7.99. The minimum atomic E-state index is -0.237. The summed E-state index contributed by atoms with van der Waals surface area (Å²) in [7, 11) is 0. The lowest BCUT2D eigenvalue weighted by molar-refractivity contribution is -0.113. The number of nitrogens with one attached hydrogen (secondary N) is 1. The van der Waals surface area contributed by atoms with Crippen LogP contribution in [0.15, 0.2) is 68.5 Å². The molecule has 4 aromatic heterocycles. The fourth-order valence-corrected chi connectivity index (χ4v) is 7.77. The quantitative estimate of drug-likeness (QED) is 0.142. The molecule has 1 N–H and O–H groups in total. The molecule has 1 amide bonds. The molecule has 0 unspecified atom stereocenters. The van der Waals surface area contributed by atoms with Crippen LogP contribution in [0.5, 0.6) is 0 Å². The van der Waals surface area contributed by atoms with Gasteiger partial charge in [-0.2, -0.15) is 5.26 Å². The number of fused-ring (bicyclic) bond motifs is 2. The third-order valence-corrected chi connectivity index (χ3v) is 9.51. The van der Waals surface area contributed by atoms with Gasteiger partial charge in [0.25, 0.3) is 5.56 Å². The number of hydrogen-bond acceptors (Lipinski definition) is 8. The van der Waals surface area contributed by atoms with E-state index in [1.807, 2.05) is 41.8 Å². The Balaban J connectivity index is 1.32. The summed E-state index contributed by atoms with van der Waals surface area (Å²) in [6.45, 7) is 0. The van der Waals surface area contributed by atoms with Crippen LogP contribution in [0.1, 0.15) is 35.3 Å². The summed E-state index contributed by atoms with van der Waals surface area (Å²) in [6, 6.07) is 15.2. The number of para-hydroxylation sites is 1. The van der Waals surface area contributed by atoms with E-state index in [-0.39, 0.29) is 17.2 Å². The molecule has 38 heavy (non-hydrogen) atoms. The van der Waals surface area contributed by atoms with Crippen molar-refractivity contribution in [2.75, 3.05) is 11.1 Å². The first-order chi connectivity index (χ1) is 18.6. The standard InChI is InChI=1S/C28H22N4O3S3/c29-14-19-18-10-5-2-6-12-22(18)38-25(19)30-23(33)16-37-28-31-26-24(20(15-36-26)21-11-7-13-35-21)27(34)32(28)17-8-3-1-4-9-17/h1,3-4,7-9,11,13,15H,2,5-6,10,12,16H2,(H,30,33). The molecule has 0 saturated carbocycles. The minimum Gasteiger partial charge on any atom is -0.464 e. The molecule has 0 radical (unpaired) electrons. The molecule has 5 aromatic rings. The number of aromatic nitrogens is 2. The van der Waals surface area contributed by atoms with Gasteiger partial charge in [0.1, 0.15) is 21.7 Å². The molecule has 4 heterocycles. The molecule has 1 aliphatic carbocycles. The number of carbonyl (C=O) groups excluding carboxylic acids is 1.